The number of hydrogen-bond acceptors (Lipinski definition) is 15. The molecule has 0 fully saturated rings. The molecular formula is C77H150O17P2. The summed E-state index contributed by atoms with van der Waals surface area (Å²) in [6.07, 6.45) is 62.6. The van der Waals surface area contributed by atoms with E-state index in [1.165, 1.54) is 231 Å². The Kier molecular flexibility index (Phi) is 70.0. The fraction of sp³-hybridized carbons (Fsp3) is 0.948. The van der Waals surface area contributed by atoms with Crippen molar-refractivity contribution in [2.75, 3.05) is 39.6 Å². The SMILES string of the molecule is CCCCCCCCCCCCCCCCCCCCCCCCC(=O)O[C@H](COC(=O)CCCCCCCCCCCCCCCC)COP(=O)(O)OC[C@@H](O)COP(=O)(O)OC[C@@H](COC(=O)CCCCCCCCC)OC(=O)CCCCCCCCCCCCCCC. The van der Waals surface area contributed by atoms with Gasteiger partial charge in [0.1, 0.15) is 19.3 Å². The molecule has 0 aromatic carbocycles. The predicted octanol–water partition coefficient (Wildman–Crippen LogP) is 23.0. The summed E-state index contributed by atoms with van der Waals surface area (Å²) in [4.78, 5) is 72.7. The molecule has 17 nitrogen and oxygen atoms in total. The number of aliphatic hydroxyl groups excluding tert-OH is 1. The quantitative estimate of drug-likeness (QED) is 0.0222. The predicted molar refractivity (Wildman–Crippen MR) is 391 cm³/mol. The van der Waals surface area contributed by atoms with Crippen molar-refractivity contribution in [3.63, 3.8) is 0 Å². The van der Waals surface area contributed by atoms with Gasteiger partial charge in [-0.25, -0.2) is 9.13 Å². The van der Waals surface area contributed by atoms with E-state index in [2.05, 4.69) is 27.7 Å². The lowest BCUT2D eigenvalue weighted by Gasteiger charge is -2.21. The van der Waals surface area contributed by atoms with Crippen molar-refractivity contribution in [2.24, 2.45) is 0 Å². The number of unbranched alkanes of at least 4 members (excludes halogenated alkanes) is 52. The van der Waals surface area contributed by atoms with Crippen LogP contribution in [0.2, 0.25) is 0 Å². The zero-order chi connectivity index (χ0) is 70.4. The van der Waals surface area contributed by atoms with Crippen molar-refractivity contribution in [2.45, 2.75) is 431 Å². The summed E-state index contributed by atoms with van der Waals surface area (Å²) in [6.45, 7) is 4.95. The first-order valence-electron chi connectivity index (χ1n) is 40.3. The smallest absolute Gasteiger partial charge is 0.462 e. The topological polar surface area (TPSA) is 237 Å². The van der Waals surface area contributed by atoms with E-state index < -0.39 is 97.5 Å². The second-order valence-electron chi connectivity index (χ2n) is 27.7. The summed E-state index contributed by atoms with van der Waals surface area (Å²) in [6, 6.07) is 0. The number of aliphatic hydroxyl groups is 1. The molecule has 0 rings (SSSR count). The Balaban J connectivity index is 5.14. The molecule has 19 heteroatoms. The fourth-order valence-corrected chi connectivity index (χ4v) is 13.5. The van der Waals surface area contributed by atoms with Crippen molar-refractivity contribution >= 4 is 39.5 Å². The van der Waals surface area contributed by atoms with Crippen LogP contribution in [0.15, 0.2) is 0 Å². The fourth-order valence-electron chi connectivity index (χ4n) is 11.9. The number of ether oxygens (including phenoxy) is 4. The van der Waals surface area contributed by atoms with Gasteiger partial charge in [-0.2, -0.15) is 0 Å². The molecule has 2 unspecified atom stereocenters. The summed E-state index contributed by atoms with van der Waals surface area (Å²) >= 11 is 0. The highest BCUT2D eigenvalue weighted by molar-refractivity contribution is 7.47. The van der Waals surface area contributed by atoms with Crippen molar-refractivity contribution in [3.8, 4) is 0 Å². The van der Waals surface area contributed by atoms with E-state index in [4.69, 9.17) is 37.0 Å². The van der Waals surface area contributed by atoms with Crippen molar-refractivity contribution in [3.05, 3.63) is 0 Å². The van der Waals surface area contributed by atoms with Gasteiger partial charge < -0.3 is 33.8 Å². The maximum Gasteiger partial charge on any atom is 0.472 e. The highest BCUT2D eigenvalue weighted by Gasteiger charge is 2.30. The Morgan fingerprint density at radius 3 is 0.615 bits per heavy atom. The van der Waals surface area contributed by atoms with Crippen LogP contribution in [0.3, 0.4) is 0 Å². The van der Waals surface area contributed by atoms with Crippen LogP contribution >= 0.6 is 15.6 Å². The maximum absolute atomic E-state index is 13.1. The first-order valence-corrected chi connectivity index (χ1v) is 43.3. The first kappa shape index (κ1) is 94.1. The van der Waals surface area contributed by atoms with E-state index >= 15 is 0 Å². The number of carbonyl (C=O) groups is 4. The van der Waals surface area contributed by atoms with Crippen molar-refractivity contribution in [1.29, 1.82) is 0 Å². The third-order valence-corrected chi connectivity index (χ3v) is 20.0. The van der Waals surface area contributed by atoms with E-state index in [-0.39, 0.29) is 25.7 Å². The Morgan fingerprint density at radius 2 is 0.417 bits per heavy atom. The number of hydrogen-bond donors (Lipinski definition) is 3. The van der Waals surface area contributed by atoms with Crippen LogP contribution in [-0.2, 0) is 65.4 Å². The molecule has 0 spiro atoms. The molecule has 0 aliphatic heterocycles. The molecule has 96 heavy (non-hydrogen) atoms. The lowest BCUT2D eigenvalue weighted by atomic mass is 10.0. The van der Waals surface area contributed by atoms with Gasteiger partial charge in [0.05, 0.1) is 26.4 Å². The summed E-state index contributed by atoms with van der Waals surface area (Å²) in [7, 11) is -9.90. The number of carbonyl (C=O) groups excluding carboxylic acids is 4. The van der Waals surface area contributed by atoms with E-state index in [1.807, 2.05) is 0 Å². The molecule has 0 radical (unpaired) electrons. The second-order valence-corrected chi connectivity index (χ2v) is 30.7. The lowest BCUT2D eigenvalue weighted by Crippen LogP contribution is -2.30. The number of phosphoric ester groups is 2. The third kappa shape index (κ3) is 70.5. The molecule has 0 bridgehead atoms. The second kappa shape index (κ2) is 71.5. The summed E-state index contributed by atoms with van der Waals surface area (Å²) in [5.41, 5.74) is 0. The molecule has 0 saturated heterocycles. The zero-order valence-corrected chi connectivity index (χ0v) is 64.1. The summed E-state index contributed by atoms with van der Waals surface area (Å²) < 4.78 is 68.4. The molecule has 5 atom stereocenters. The molecule has 0 amide bonds. The average molecular weight is 1410 g/mol. The van der Waals surface area contributed by atoms with Crippen molar-refractivity contribution in [1.82, 2.24) is 0 Å². The molecule has 570 valence electrons. The Morgan fingerprint density at radius 1 is 0.250 bits per heavy atom. The maximum atomic E-state index is 13.1. The van der Waals surface area contributed by atoms with Gasteiger partial charge >= 0.3 is 39.5 Å². The monoisotopic (exact) mass is 1410 g/mol. The van der Waals surface area contributed by atoms with Crippen LogP contribution in [-0.4, -0.2) is 96.7 Å². The Hall–Kier alpha value is -1.94. The van der Waals surface area contributed by atoms with Gasteiger partial charge in [-0.15, -0.1) is 0 Å². The van der Waals surface area contributed by atoms with Crippen LogP contribution in [0.4, 0.5) is 0 Å². The Bertz CT molecular complexity index is 1830. The van der Waals surface area contributed by atoms with Gasteiger partial charge in [-0.3, -0.25) is 37.3 Å². The van der Waals surface area contributed by atoms with Gasteiger partial charge in [-0.05, 0) is 25.7 Å². The molecule has 0 aromatic rings. The van der Waals surface area contributed by atoms with Gasteiger partial charge in [0.15, 0.2) is 12.2 Å². The largest absolute Gasteiger partial charge is 0.472 e. The average Bonchev–Trinajstić information content (AvgIpc) is 1.42. The minimum atomic E-state index is -4.96. The summed E-state index contributed by atoms with van der Waals surface area (Å²) in [5.74, 6) is -2.12. The van der Waals surface area contributed by atoms with Crippen LogP contribution in [0, 0.1) is 0 Å². The summed E-state index contributed by atoms with van der Waals surface area (Å²) in [5, 5.41) is 10.6. The number of rotatable bonds is 78. The molecule has 0 saturated carbocycles. The van der Waals surface area contributed by atoms with Crippen LogP contribution in [0.5, 0.6) is 0 Å². The number of esters is 4. The van der Waals surface area contributed by atoms with Crippen LogP contribution < -0.4 is 0 Å². The van der Waals surface area contributed by atoms with E-state index in [0.29, 0.717) is 25.7 Å². The normalized spacial score (nSPS) is 13.9. The molecular weight excluding hydrogens is 1260 g/mol. The Labute approximate surface area is 588 Å². The van der Waals surface area contributed by atoms with Crippen LogP contribution in [0.1, 0.15) is 413 Å². The zero-order valence-electron chi connectivity index (χ0n) is 62.4. The highest BCUT2D eigenvalue weighted by Crippen LogP contribution is 2.45. The van der Waals surface area contributed by atoms with Gasteiger partial charge in [0.25, 0.3) is 0 Å². The molecule has 0 aliphatic carbocycles. The first-order chi connectivity index (χ1) is 46.7. The highest BCUT2D eigenvalue weighted by atomic mass is 31.2. The van der Waals surface area contributed by atoms with Crippen LogP contribution in [0.25, 0.3) is 0 Å². The minimum Gasteiger partial charge on any atom is -0.462 e. The molecule has 0 heterocycles. The van der Waals surface area contributed by atoms with E-state index in [9.17, 15) is 43.2 Å². The lowest BCUT2D eigenvalue weighted by molar-refractivity contribution is -0.161. The third-order valence-electron chi connectivity index (χ3n) is 18.1. The van der Waals surface area contributed by atoms with E-state index in [1.54, 1.807) is 0 Å². The molecule has 0 aromatic heterocycles. The molecule has 0 aliphatic rings. The van der Waals surface area contributed by atoms with Crippen molar-refractivity contribution < 1.29 is 80.2 Å². The van der Waals surface area contributed by atoms with E-state index in [0.717, 1.165) is 103 Å². The standard InChI is InChI=1S/C77H150O17P2/c1-5-9-13-17-21-24-27-30-32-33-34-35-36-37-38-39-42-45-48-52-56-60-64-77(82)94-73(68-88-75(80)62-58-54-50-46-43-41-31-28-25-22-18-14-10-6-2)70-92-96(85,86)90-66-71(78)65-89-95(83,84)91-69-72(67-87-74(79)61-57-53-49-20-16-12-8-4)93-76(81)63-59-55-51-47-44-40-29-26-23-19-15-11-7-3/h71-73,78H,5-70H2,1-4H3,(H,83,84)(H,85,86)/t71-,72+,73+/m0/s1. The molecule has 3 N–H and O–H groups in total. The van der Waals surface area contributed by atoms with Gasteiger partial charge in [0, 0.05) is 25.7 Å². The van der Waals surface area contributed by atoms with Gasteiger partial charge in [0.2, 0.25) is 0 Å². The minimum absolute atomic E-state index is 0.108. The number of phosphoric acid groups is 2. The van der Waals surface area contributed by atoms with Gasteiger partial charge in [-0.1, -0.05) is 362 Å².